The van der Waals surface area contributed by atoms with Crippen LogP contribution in [0.25, 0.3) is 0 Å². The van der Waals surface area contributed by atoms with Crippen molar-refractivity contribution >= 4 is 0 Å². The summed E-state index contributed by atoms with van der Waals surface area (Å²) in [5.41, 5.74) is 0. The average molecular weight is 253 g/mol. The molecule has 11 heteroatoms. The van der Waals surface area contributed by atoms with Crippen molar-refractivity contribution in [2.24, 2.45) is 0 Å². The largest absolute Gasteiger partial charge is 3.00 e. The molecule has 0 unspecified atom stereocenters. The van der Waals surface area contributed by atoms with E-state index >= 15 is 0 Å². The SMILES string of the molecule is O.O.O.O.O.O.O.O.O.[Cl-].[Fe+3]. The van der Waals surface area contributed by atoms with E-state index in [-0.39, 0.29) is 78.8 Å². The zero-order chi connectivity index (χ0) is 0. The topological polar surface area (TPSA) is 284 Å². The molecule has 0 saturated carbocycles. The third-order valence-corrected chi connectivity index (χ3v) is 0. The molecule has 0 aromatic rings. The standard InChI is InChI=1S/ClH.Fe.9H2O/h1H;;9*1H2/q;+3;;;;;;;;;/p-1. The van der Waals surface area contributed by atoms with Crippen LogP contribution in [0, 0.1) is 0 Å². The van der Waals surface area contributed by atoms with Gasteiger partial charge in [-0.3, -0.25) is 0 Å². The summed E-state index contributed by atoms with van der Waals surface area (Å²) in [6.07, 6.45) is 0. The van der Waals surface area contributed by atoms with E-state index in [2.05, 4.69) is 0 Å². The Morgan fingerprint density at radius 3 is 0.273 bits per heavy atom. The molecule has 0 fully saturated rings. The van der Waals surface area contributed by atoms with Crippen LogP contribution in [0.2, 0.25) is 0 Å². The Hall–Kier alpha value is 0.449. The van der Waals surface area contributed by atoms with Gasteiger partial charge in [-0.05, 0) is 0 Å². The number of hydrogen-bond donors (Lipinski definition) is 0. The van der Waals surface area contributed by atoms with E-state index in [1.807, 2.05) is 0 Å². The molecule has 9 nitrogen and oxygen atoms in total. The maximum atomic E-state index is 0. The number of rotatable bonds is 0. The minimum absolute atomic E-state index is 0. The van der Waals surface area contributed by atoms with Gasteiger partial charge in [0.25, 0.3) is 0 Å². The Labute approximate surface area is 79.4 Å². The van der Waals surface area contributed by atoms with Gasteiger partial charge in [0.2, 0.25) is 0 Å². The summed E-state index contributed by atoms with van der Waals surface area (Å²) in [5.74, 6) is 0. The van der Waals surface area contributed by atoms with Crippen LogP contribution in [0.4, 0.5) is 0 Å². The van der Waals surface area contributed by atoms with Gasteiger partial charge in [-0.15, -0.1) is 0 Å². The third-order valence-electron chi connectivity index (χ3n) is 0. The molecule has 0 aromatic heterocycles. The van der Waals surface area contributed by atoms with Crippen molar-refractivity contribution < 1.29 is 78.8 Å². The van der Waals surface area contributed by atoms with Gasteiger partial charge in [-0.25, -0.2) is 0 Å². The third kappa shape index (κ3) is 3690. The zero-order valence-corrected chi connectivity index (χ0v) is 7.09. The molecule has 0 spiro atoms. The second kappa shape index (κ2) is 4620. The zero-order valence-electron chi connectivity index (χ0n) is 5.23. The van der Waals surface area contributed by atoms with Crippen LogP contribution in [-0.2, 0) is 17.1 Å². The minimum atomic E-state index is 0. The van der Waals surface area contributed by atoms with Gasteiger partial charge >= 0.3 is 17.1 Å². The van der Waals surface area contributed by atoms with Crippen LogP contribution < -0.4 is 12.4 Å². The second-order valence-corrected chi connectivity index (χ2v) is 0. The van der Waals surface area contributed by atoms with Gasteiger partial charge in [0.1, 0.15) is 0 Å². The van der Waals surface area contributed by atoms with Gasteiger partial charge < -0.3 is 61.7 Å². The summed E-state index contributed by atoms with van der Waals surface area (Å²) < 4.78 is 0. The van der Waals surface area contributed by atoms with E-state index in [0.29, 0.717) is 0 Å². The molecule has 0 aliphatic rings. The predicted molar refractivity (Wildman–Crippen MR) is 32.5 cm³/mol. The van der Waals surface area contributed by atoms with E-state index in [4.69, 9.17) is 0 Å². The average Bonchev–Trinajstić information content (AvgIpc) is 0. The van der Waals surface area contributed by atoms with Crippen LogP contribution in [0.1, 0.15) is 0 Å². The van der Waals surface area contributed by atoms with Crippen LogP contribution in [-0.4, -0.2) is 49.3 Å². The van der Waals surface area contributed by atoms with Gasteiger partial charge in [-0.2, -0.15) is 0 Å². The monoisotopic (exact) mass is 253 g/mol. The van der Waals surface area contributed by atoms with Gasteiger partial charge in [0.05, 0.1) is 0 Å². The van der Waals surface area contributed by atoms with Gasteiger partial charge in [-0.1, -0.05) is 0 Å². The van der Waals surface area contributed by atoms with Gasteiger partial charge in [0.15, 0.2) is 0 Å². The quantitative estimate of drug-likeness (QED) is 0.363. The Balaban J connectivity index is 0. The fourth-order valence-corrected chi connectivity index (χ4v) is 0. The molecule has 0 aliphatic carbocycles. The molecule has 0 saturated heterocycles. The van der Waals surface area contributed by atoms with E-state index < -0.39 is 0 Å². The summed E-state index contributed by atoms with van der Waals surface area (Å²) in [6, 6.07) is 0. The van der Waals surface area contributed by atoms with Crippen LogP contribution >= 0.6 is 0 Å². The molecular weight excluding hydrogens is 235 g/mol. The summed E-state index contributed by atoms with van der Waals surface area (Å²) in [5, 5.41) is 0. The first-order valence-electron chi connectivity index (χ1n) is 0. The predicted octanol–water partition coefficient (Wildman–Crippen LogP) is -10.4. The molecule has 11 heavy (non-hydrogen) atoms. The molecule has 85 valence electrons. The molecule has 0 bridgehead atoms. The molecule has 18 N–H and O–H groups in total. The van der Waals surface area contributed by atoms with Crippen molar-refractivity contribution in [1.82, 2.24) is 0 Å². The Morgan fingerprint density at radius 2 is 0.273 bits per heavy atom. The minimum Gasteiger partial charge on any atom is -1.00 e. The van der Waals surface area contributed by atoms with Crippen molar-refractivity contribution in [2.75, 3.05) is 0 Å². The number of hydrogen-bond acceptors (Lipinski definition) is 0. The van der Waals surface area contributed by atoms with E-state index in [9.17, 15) is 0 Å². The Kier molecular flexibility index (Phi) is 2600000. The molecule has 0 amide bonds. The van der Waals surface area contributed by atoms with E-state index in [1.165, 1.54) is 0 Å². The molecule has 0 rings (SSSR count). The van der Waals surface area contributed by atoms with Crippen LogP contribution in [0.15, 0.2) is 0 Å². The molecule has 0 aromatic carbocycles. The van der Waals surface area contributed by atoms with Gasteiger partial charge in [0, 0.05) is 0 Å². The van der Waals surface area contributed by atoms with Crippen LogP contribution in [0.5, 0.6) is 0 Å². The Morgan fingerprint density at radius 1 is 0.273 bits per heavy atom. The fraction of sp³-hybridized carbons (Fsp3) is 0. The first kappa shape index (κ1) is 6190. The summed E-state index contributed by atoms with van der Waals surface area (Å²) in [6.45, 7) is 0. The van der Waals surface area contributed by atoms with E-state index in [1.54, 1.807) is 0 Å². The summed E-state index contributed by atoms with van der Waals surface area (Å²) in [4.78, 5) is 0. The van der Waals surface area contributed by atoms with Crippen molar-refractivity contribution in [2.45, 2.75) is 0 Å². The van der Waals surface area contributed by atoms with Crippen molar-refractivity contribution in [3.8, 4) is 0 Å². The molecule has 1 radical (unpaired) electrons. The maximum absolute atomic E-state index is 0. The number of halogens is 1. The first-order chi connectivity index (χ1) is 0. The smallest absolute Gasteiger partial charge is 1.00 e. The summed E-state index contributed by atoms with van der Waals surface area (Å²) >= 11 is 0. The molecular formula is H18ClFeO9+2. The Bertz CT molecular complexity index is 9.52. The molecule has 0 aliphatic heterocycles. The normalized spacial score (nSPS) is 0. The van der Waals surface area contributed by atoms with Crippen molar-refractivity contribution in [3.05, 3.63) is 0 Å². The molecule has 0 atom stereocenters. The summed E-state index contributed by atoms with van der Waals surface area (Å²) in [7, 11) is 0. The van der Waals surface area contributed by atoms with Crippen molar-refractivity contribution in [1.29, 1.82) is 0 Å². The van der Waals surface area contributed by atoms with E-state index in [0.717, 1.165) is 0 Å². The first-order valence-corrected chi connectivity index (χ1v) is 0. The van der Waals surface area contributed by atoms with Crippen LogP contribution in [0.3, 0.4) is 0 Å². The second-order valence-electron chi connectivity index (χ2n) is 0. The maximum Gasteiger partial charge on any atom is 3.00 e. The molecule has 0 heterocycles. The van der Waals surface area contributed by atoms with Crippen molar-refractivity contribution in [3.63, 3.8) is 0 Å². The fourth-order valence-electron chi connectivity index (χ4n) is 0.